The molecule has 1 unspecified atom stereocenters. The zero-order valence-corrected chi connectivity index (χ0v) is 13.7. The maximum Gasteiger partial charge on any atom is 0.347 e. The van der Waals surface area contributed by atoms with Crippen molar-refractivity contribution in [1.82, 2.24) is 15.2 Å². The van der Waals surface area contributed by atoms with Crippen molar-refractivity contribution in [3.05, 3.63) is 33.4 Å². The number of aromatic nitrogens is 1. The van der Waals surface area contributed by atoms with E-state index in [1.54, 1.807) is 6.92 Å². The number of nitrogens with one attached hydrogen (secondary N) is 1. The fourth-order valence-corrected chi connectivity index (χ4v) is 3.89. The zero-order chi connectivity index (χ0) is 16.4. The van der Waals surface area contributed by atoms with E-state index in [0.29, 0.717) is 17.1 Å². The number of nitriles is 1. The highest BCUT2D eigenvalue weighted by Crippen LogP contribution is 2.35. The highest BCUT2D eigenvalue weighted by molar-refractivity contribution is 7.14. The predicted molar refractivity (Wildman–Crippen MR) is 88.0 cm³/mol. The van der Waals surface area contributed by atoms with Crippen LogP contribution in [0.1, 0.15) is 26.8 Å². The van der Waals surface area contributed by atoms with E-state index in [4.69, 9.17) is 5.11 Å². The second-order valence-corrected chi connectivity index (χ2v) is 6.64. The summed E-state index contributed by atoms with van der Waals surface area (Å²) in [5.41, 5.74) is 2.53. The Balaban J connectivity index is 1.89. The van der Waals surface area contributed by atoms with Crippen molar-refractivity contribution >= 4 is 22.9 Å². The average Bonchev–Trinajstić information content (AvgIpc) is 2.97. The van der Waals surface area contributed by atoms with Crippen LogP contribution in [0.5, 0.6) is 0 Å². The summed E-state index contributed by atoms with van der Waals surface area (Å²) in [6, 6.07) is 2.38. The molecule has 2 aliphatic rings. The summed E-state index contributed by atoms with van der Waals surface area (Å²) >= 11 is 1.18. The zero-order valence-electron chi connectivity index (χ0n) is 12.9. The van der Waals surface area contributed by atoms with Gasteiger partial charge in [0.15, 0.2) is 0 Å². The van der Waals surface area contributed by atoms with Crippen LogP contribution >= 0.6 is 11.3 Å². The first-order valence-corrected chi connectivity index (χ1v) is 8.39. The second-order valence-electron chi connectivity index (χ2n) is 5.64. The number of aryl methyl sites for hydroxylation is 1. The second kappa shape index (κ2) is 6.52. The number of carbonyl (C=O) groups is 1. The standard InChI is InChI=1S/C16H18N4O2S/c1-10-14(16(21)22)23-15(19-10)11-2-3-13(12(8-11)9-17)20-6-4-18-5-7-20/h2-3,12,18H,4-8H2,1H3,(H,21,22). The number of piperazine rings is 1. The van der Waals surface area contributed by atoms with Gasteiger partial charge in [-0.2, -0.15) is 5.26 Å². The molecule has 0 spiro atoms. The van der Waals surface area contributed by atoms with Crippen molar-refractivity contribution in [1.29, 1.82) is 5.26 Å². The van der Waals surface area contributed by atoms with Gasteiger partial charge in [0.25, 0.3) is 0 Å². The number of allylic oxidation sites excluding steroid dienone is 4. The minimum absolute atomic E-state index is 0.203. The van der Waals surface area contributed by atoms with Crippen molar-refractivity contribution in [2.24, 2.45) is 5.92 Å². The summed E-state index contributed by atoms with van der Waals surface area (Å²) in [7, 11) is 0. The molecule has 1 atom stereocenters. The molecule has 1 fully saturated rings. The Bertz CT molecular complexity index is 723. The lowest BCUT2D eigenvalue weighted by Gasteiger charge is -2.34. The van der Waals surface area contributed by atoms with Crippen LogP contribution < -0.4 is 5.32 Å². The molecule has 1 aromatic heterocycles. The Morgan fingerprint density at radius 1 is 1.48 bits per heavy atom. The molecule has 0 radical (unpaired) electrons. The first-order valence-electron chi connectivity index (χ1n) is 7.57. The molecule has 1 aromatic rings. The van der Waals surface area contributed by atoms with Crippen LogP contribution in [-0.4, -0.2) is 47.1 Å². The van der Waals surface area contributed by atoms with Crippen LogP contribution in [0.25, 0.3) is 5.57 Å². The molecule has 23 heavy (non-hydrogen) atoms. The monoisotopic (exact) mass is 330 g/mol. The Kier molecular flexibility index (Phi) is 4.46. The minimum Gasteiger partial charge on any atom is -0.477 e. The quantitative estimate of drug-likeness (QED) is 0.879. The van der Waals surface area contributed by atoms with Gasteiger partial charge in [0.2, 0.25) is 0 Å². The van der Waals surface area contributed by atoms with Gasteiger partial charge in [0.05, 0.1) is 17.7 Å². The van der Waals surface area contributed by atoms with E-state index >= 15 is 0 Å². The topological polar surface area (TPSA) is 89.3 Å². The lowest BCUT2D eigenvalue weighted by Crippen LogP contribution is -2.44. The number of nitrogens with zero attached hydrogens (tertiary/aromatic N) is 3. The fraction of sp³-hybridized carbons (Fsp3) is 0.438. The molecular formula is C16H18N4O2S. The number of thiazole rings is 1. The first kappa shape index (κ1) is 15.7. The highest BCUT2D eigenvalue weighted by atomic mass is 32.1. The first-order chi connectivity index (χ1) is 11.1. The molecule has 2 N–H and O–H groups in total. The van der Waals surface area contributed by atoms with Gasteiger partial charge >= 0.3 is 5.97 Å². The number of rotatable bonds is 3. The largest absolute Gasteiger partial charge is 0.477 e. The van der Waals surface area contributed by atoms with E-state index in [9.17, 15) is 10.1 Å². The number of aromatic carboxylic acids is 1. The van der Waals surface area contributed by atoms with Gasteiger partial charge < -0.3 is 15.3 Å². The van der Waals surface area contributed by atoms with E-state index in [0.717, 1.165) is 37.4 Å². The molecule has 0 bridgehead atoms. The summed E-state index contributed by atoms with van der Waals surface area (Å²) < 4.78 is 0. The molecule has 0 aromatic carbocycles. The predicted octanol–water partition coefficient (Wildman–Crippen LogP) is 1.87. The fourth-order valence-electron chi connectivity index (χ4n) is 2.95. The van der Waals surface area contributed by atoms with Gasteiger partial charge in [0, 0.05) is 31.9 Å². The van der Waals surface area contributed by atoms with Crippen molar-refractivity contribution in [3.63, 3.8) is 0 Å². The third-order valence-corrected chi connectivity index (χ3v) is 5.36. The summed E-state index contributed by atoms with van der Waals surface area (Å²) in [4.78, 5) is 18.1. The van der Waals surface area contributed by atoms with Crippen LogP contribution in [0, 0.1) is 24.2 Å². The van der Waals surface area contributed by atoms with Crippen molar-refractivity contribution in [2.75, 3.05) is 26.2 Å². The molecular weight excluding hydrogens is 312 g/mol. The minimum atomic E-state index is -0.948. The number of carboxylic acid groups (broad SMARTS) is 1. The molecule has 7 heteroatoms. The SMILES string of the molecule is Cc1nc(C2=CC=C(N3CCNCC3)C(C#N)C2)sc1C(=O)O. The molecule has 120 valence electrons. The summed E-state index contributed by atoms with van der Waals surface area (Å²) in [6.45, 7) is 5.38. The molecule has 2 heterocycles. The van der Waals surface area contributed by atoms with E-state index in [-0.39, 0.29) is 10.8 Å². The molecule has 3 rings (SSSR count). The van der Waals surface area contributed by atoms with Crippen molar-refractivity contribution in [2.45, 2.75) is 13.3 Å². The lowest BCUT2D eigenvalue weighted by atomic mass is 9.91. The molecule has 1 saturated heterocycles. The molecule has 0 saturated carbocycles. The Morgan fingerprint density at radius 2 is 2.22 bits per heavy atom. The van der Waals surface area contributed by atoms with Gasteiger partial charge in [-0.3, -0.25) is 0 Å². The van der Waals surface area contributed by atoms with Crippen LogP contribution in [-0.2, 0) is 0 Å². The smallest absolute Gasteiger partial charge is 0.347 e. The van der Waals surface area contributed by atoms with E-state index < -0.39 is 5.97 Å². The Labute approximate surface area is 138 Å². The van der Waals surface area contributed by atoms with Crippen LogP contribution in [0.3, 0.4) is 0 Å². The number of carboxylic acids is 1. The van der Waals surface area contributed by atoms with Gasteiger partial charge in [-0.15, -0.1) is 11.3 Å². The van der Waals surface area contributed by atoms with E-state index in [1.807, 2.05) is 12.2 Å². The maximum atomic E-state index is 11.2. The van der Waals surface area contributed by atoms with Crippen molar-refractivity contribution in [3.8, 4) is 6.07 Å². The molecule has 1 aliphatic heterocycles. The normalized spacial score (nSPS) is 21.4. The molecule has 1 aliphatic carbocycles. The third kappa shape index (κ3) is 3.14. The van der Waals surface area contributed by atoms with Gasteiger partial charge in [-0.05, 0) is 25.0 Å². The number of hydrogen-bond acceptors (Lipinski definition) is 6. The summed E-state index contributed by atoms with van der Waals surface area (Å²) in [6.07, 6.45) is 4.56. The Morgan fingerprint density at radius 3 is 2.83 bits per heavy atom. The highest BCUT2D eigenvalue weighted by Gasteiger charge is 2.27. The van der Waals surface area contributed by atoms with Gasteiger partial charge in [-0.1, -0.05) is 6.08 Å². The third-order valence-electron chi connectivity index (χ3n) is 4.14. The average molecular weight is 330 g/mol. The molecule has 0 amide bonds. The summed E-state index contributed by atoms with van der Waals surface area (Å²) in [5, 5.41) is 22.7. The van der Waals surface area contributed by atoms with E-state index in [1.165, 1.54) is 11.3 Å². The van der Waals surface area contributed by atoms with Crippen LogP contribution in [0.15, 0.2) is 17.8 Å². The lowest BCUT2D eigenvalue weighted by molar-refractivity contribution is 0.0701. The Hall–Kier alpha value is -2.17. The molecule has 6 nitrogen and oxygen atoms in total. The maximum absolute atomic E-state index is 11.2. The van der Waals surface area contributed by atoms with Gasteiger partial charge in [0.1, 0.15) is 9.88 Å². The summed E-state index contributed by atoms with van der Waals surface area (Å²) in [5.74, 6) is -1.15. The van der Waals surface area contributed by atoms with E-state index in [2.05, 4.69) is 21.3 Å². The number of hydrogen-bond donors (Lipinski definition) is 2. The van der Waals surface area contributed by atoms with Crippen molar-refractivity contribution < 1.29 is 9.90 Å². The van der Waals surface area contributed by atoms with Crippen LogP contribution in [0.4, 0.5) is 0 Å². The van der Waals surface area contributed by atoms with Crippen LogP contribution in [0.2, 0.25) is 0 Å². The van der Waals surface area contributed by atoms with Gasteiger partial charge in [-0.25, -0.2) is 9.78 Å².